The van der Waals surface area contributed by atoms with Crippen molar-refractivity contribution in [2.75, 3.05) is 0 Å². The molecule has 2 unspecified atom stereocenters. The highest BCUT2D eigenvalue weighted by molar-refractivity contribution is 5.77. The highest BCUT2D eigenvalue weighted by Crippen LogP contribution is 2.27. The van der Waals surface area contributed by atoms with Gasteiger partial charge in [0.1, 0.15) is 11.6 Å². The number of hydrogen-bond donors (Lipinski definition) is 1. The molecular weight excluding hydrogens is 272 g/mol. The van der Waals surface area contributed by atoms with Gasteiger partial charge in [0.25, 0.3) is 5.69 Å². The molecule has 0 bridgehead atoms. The van der Waals surface area contributed by atoms with E-state index in [2.05, 4.69) is 0 Å². The minimum atomic E-state index is -0.851. The molecule has 0 aliphatic carbocycles. The van der Waals surface area contributed by atoms with E-state index in [1.165, 1.54) is 12.1 Å². The molecule has 0 radical (unpaired) electrons. The van der Waals surface area contributed by atoms with Crippen LogP contribution in [0.3, 0.4) is 0 Å². The summed E-state index contributed by atoms with van der Waals surface area (Å²) in [6.07, 6.45) is 0.585. The number of nitro benzene ring substituents is 1. The van der Waals surface area contributed by atoms with Crippen LogP contribution in [0, 0.1) is 10.1 Å². The van der Waals surface area contributed by atoms with Crippen molar-refractivity contribution in [3.05, 3.63) is 39.9 Å². The third-order valence-electron chi connectivity index (χ3n) is 3.06. The first kappa shape index (κ1) is 17.1. The Bertz CT molecular complexity index is 523. The molecule has 6 heteroatoms. The van der Waals surface area contributed by atoms with Gasteiger partial charge in [0.05, 0.1) is 4.92 Å². The minimum Gasteiger partial charge on any atom is -0.459 e. The number of rotatable bonds is 5. The molecule has 0 spiro atoms. The number of non-ortho nitro benzene ring substituents is 1. The zero-order chi connectivity index (χ0) is 16.2. The molecule has 0 aliphatic rings. The van der Waals surface area contributed by atoms with Crippen molar-refractivity contribution in [1.29, 1.82) is 0 Å². The van der Waals surface area contributed by atoms with Crippen molar-refractivity contribution in [2.24, 2.45) is 5.73 Å². The zero-order valence-electron chi connectivity index (χ0n) is 12.8. The summed E-state index contributed by atoms with van der Waals surface area (Å²) in [7, 11) is 0. The van der Waals surface area contributed by atoms with E-state index in [4.69, 9.17) is 10.5 Å². The Morgan fingerprint density at radius 2 is 2.05 bits per heavy atom. The van der Waals surface area contributed by atoms with Crippen molar-refractivity contribution < 1.29 is 14.5 Å². The van der Waals surface area contributed by atoms with Crippen LogP contribution in [0.4, 0.5) is 5.69 Å². The Kier molecular flexibility index (Phi) is 5.43. The molecule has 1 aromatic rings. The summed E-state index contributed by atoms with van der Waals surface area (Å²) in [5.74, 6) is -0.819. The predicted octanol–water partition coefficient (Wildman–Crippen LogP) is 2.76. The third-order valence-corrected chi connectivity index (χ3v) is 3.06. The number of nitrogens with zero attached hydrogens (tertiary/aromatic N) is 1. The molecular formula is C15H22N2O4. The average molecular weight is 294 g/mol. The van der Waals surface area contributed by atoms with Crippen molar-refractivity contribution in [3.8, 4) is 0 Å². The highest BCUT2D eigenvalue weighted by Gasteiger charge is 2.29. The topological polar surface area (TPSA) is 95.5 Å². The van der Waals surface area contributed by atoms with Gasteiger partial charge in [-0.1, -0.05) is 19.1 Å². The van der Waals surface area contributed by atoms with Crippen LogP contribution in [0.15, 0.2) is 24.3 Å². The van der Waals surface area contributed by atoms with Crippen LogP contribution in [0.1, 0.15) is 45.6 Å². The van der Waals surface area contributed by atoms with Crippen molar-refractivity contribution in [2.45, 2.75) is 51.7 Å². The SMILES string of the molecule is CCC(c1cccc([N+](=O)[O-])c1)C(N)C(=O)OC(C)(C)C. The van der Waals surface area contributed by atoms with Gasteiger partial charge in [0, 0.05) is 18.1 Å². The summed E-state index contributed by atoms with van der Waals surface area (Å²) in [6.45, 7) is 7.19. The molecule has 6 nitrogen and oxygen atoms in total. The average Bonchev–Trinajstić information content (AvgIpc) is 2.37. The Labute approximate surface area is 124 Å². The van der Waals surface area contributed by atoms with E-state index < -0.39 is 22.5 Å². The quantitative estimate of drug-likeness (QED) is 0.512. The summed E-state index contributed by atoms with van der Waals surface area (Å²) in [6, 6.07) is 5.35. The van der Waals surface area contributed by atoms with Gasteiger partial charge in [0.15, 0.2) is 0 Å². The summed E-state index contributed by atoms with van der Waals surface area (Å²) < 4.78 is 5.28. The number of ether oxygens (including phenoxy) is 1. The van der Waals surface area contributed by atoms with E-state index in [1.54, 1.807) is 32.9 Å². The van der Waals surface area contributed by atoms with E-state index in [0.29, 0.717) is 12.0 Å². The van der Waals surface area contributed by atoms with E-state index in [0.717, 1.165) is 0 Å². The maximum atomic E-state index is 12.1. The van der Waals surface area contributed by atoms with Crippen molar-refractivity contribution >= 4 is 11.7 Å². The molecule has 0 fully saturated rings. The maximum Gasteiger partial charge on any atom is 0.324 e. The molecule has 0 saturated heterocycles. The molecule has 0 aromatic heterocycles. The molecule has 2 atom stereocenters. The monoisotopic (exact) mass is 294 g/mol. The first-order valence-corrected chi connectivity index (χ1v) is 6.88. The Morgan fingerprint density at radius 1 is 1.43 bits per heavy atom. The first-order valence-electron chi connectivity index (χ1n) is 6.88. The number of carbonyl (C=O) groups is 1. The lowest BCUT2D eigenvalue weighted by Gasteiger charge is -2.26. The maximum absolute atomic E-state index is 12.1. The van der Waals surface area contributed by atoms with E-state index in [9.17, 15) is 14.9 Å². The third kappa shape index (κ3) is 4.82. The molecule has 21 heavy (non-hydrogen) atoms. The normalized spacial score (nSPS) is 14.3. The fourth-order valence-electron chi connectivity index (χ4n) is 2.10. The fraction of sp³-hybridized carbons (Fsp3) is 0.533. The van der Waals surface area contributed by atoms with Crippen LogP contribution in [-0.4, -0.2) is 22.5 Å². The summed E-state index contributed by atoms with van der Waals surface area (Å²) in [4.78, 5) is 22.4. The van der Waals surface area contributed by atoms with Gasteiger partial charge < -0.3 is 10.5 Å². The fourth-order valence-corrected chi connectivity index (χ4v) is 2.10. The summed E-state index contributed by atoms with van der Waals surface area (Å²) in [5.41, 5.74) is 6.04. The van der Waals surface area contributed by atoms with Gasteiger partial charge in [-0.25, -0.2) is 0 Å². The summed E-state index contributed by atoms with van der Waals surface area (Å²) >= 11 is 0. The van der Waals surface area contributed by atoms with Gasteiger partial charge in [-0.2, -0.15) is 0 Å². The highest BCUT2D eigenvalue weighted by atomic mass is 16.6. The van der Waals surface area contributed by atoms with Crippen LogP contribution >= 0.6 is 0 Å². The van der Waals surface area contributed by atoms with E-state index in [-0.39, 0.29) is 11.6 Å². The molecule has 0 saturated carbocycles. The second kappa shape index (κ2) is 6.67. The van der Waals surface area contributed by atoms with Crippen molar-refractivity contribution in [3.63, 3.8) is 0 Å². The largest absolute Gasteiger partial charge is 0.459 e. The van der Waals surface area contributed by atoms with Gasteiger partial charge >= 0.3 is 5.97 Å². The van der Waals surface area contributed by atoms with Gasteiger partial charge in [-0.05, 0) is 32.8 Å². The van der Waals surface area contributed by atoms with Crippen molar-refractivity contribution in [1.82, 2.24) is 0 Å². The number of hydrogen-bond acceptors (Lipinski definition) is 5. The predicted molar refractivity (Wildman–Crippen MR) is 79.9 cm³/mol. The van der Waals surface area contributed by atoms with E-state index >= 15 is 0 Å². The number of nitro groups is 1. The Hall–Kier alpha value is -1.95. The molecule has 0 aliphatic heterocycles. The second-order valence-corrected chi connectivity index (χ2v) is 5.93. The molecule has 0 amide bonds. The lowest BCUT2D eigenvalue weighted by molar-refractivity contribution is -0.384. The Balaban J connectivity index is 2.99. The second-order valence-electron chi connectivity index (χ2n) is 5.93. The van der Waals surface area contributed by atoms with E-state index in [1.807, 2.05) is 6.92 Å². The number of carbonyl (C=O) groups excluding carboxylic acids is 1. The van der Waals surface area contributed by atoms with Crippen LogP contribution < -0.4 is 5.73 Å². The zero-order valence-corrected chi connectivity index (χ0v) is 12.8. The molecule has 1 rings (SSSR count). The number of benzene rings is 1. The number of nitrogens with two attached hydrogens (primary N) is 1. The van der Waals surface area contributed by atoms with Gasteiger partial charge in [0.2, 0.25) is 0 Å². The molecule has 0 heterocycles. The molecule has 1 aromatic carbocycles. The molecule has 116 valence electrons. The van der Waals surface area contributed by atoms with Crippen LogP contribution in [-0.2, 0) is 9.53 Å². The number of esters is 1. The lowest BCUT2D eigenvalue weighted by Crippen LogP contribution is -2.41. The Morgan fingerprint density at radius 3 is 2.52 bits per heavy atom. The standard InChI is InChI=1S/C15H22N2O4/c1-5-12(13(16)14(18)21-15(2,3)4)10-7-6-8-11(9-10)17(19)20/h6-9,12-13H,5,16H2,1-4H3. The van der Waals surface area contributed by atoms with Crippen LogP contribution in [0.5, 0.6) is 0 Å². The minimum absolute atomic E-state index is 0.0117. The first-order chi connectivity index (χ1) is 9.65. The van der Waals surface area contributed by atoms with Gasteiger partial charge in [-0.3, -0.25) is 14.9 Å². The lowest BCUT2D eigenvalue weighted by atomic mass is 9.89. The smallest absolute Gasteiger partial charge is 0.324 e. The molecule has 2 N–H and O–H groups in total. The van der Waals surface area contributed by atoms with Gasteiger partial charge in [-0.15, -0.1) is 0 Å². The van der Waals surface area contributed by atoms with Crippen LogP contribution in [0.2, 0.25) is 0 Å². The summed E-state index contributed by atoms with van der Waals surface area (Å²) in [5, 5.41) is 10.8. The van der Waals surface area contributed by atoms with Crippen LogP contribution in [0.25, 0.3) is 0 Å².